The third-order valence-corrected chi connectivity index (χ3v) is 2.02. The predicted octanol–water partition coefficient (Wildman–Crippen LogP) is 2.06. The van der Waals surface area contributed by atoms with Crippen LogP contribution < -0.4 is 0 Å². The first-order valence-corrected chi connectivity index (χ1v) is 5.43. The Balaban J connectivity index is 3.30. The van der Waals surface area contributed by atoms with E-state index >= 15 is 0 Å². The van der Waals surface area contributed by atoms with Crippen molar-refractivity contribution in [2.45, 2.75) is 45.4 Å². The van der Waals surface area contributed by atoms with Gasteiger partial charge in [-0.15, -0.1) is 0 Å². The van der Waals surface area contributed by atoms with Crippen LogP contribution in [0.2, 0.25) is 0 Å². The summed E-state index contributed by atoms with van der Waals surface area (Å²) in [6, 6.07) is 0. The van der Waals surface area contributed by atoms with Crippen molar-refractivity contribution in [3.8, 4) is 0 Å². The number of unbranched alkanes of at least 4 members (excludes halogenated alkanes) is 3. The summed E-state index contributed by atoms with van der Waals surface area (Å²) >= 11 is 0. The van der Waals surface area contributed by atoms with Crippen molar-refractivity contribution in [1.29, 1.82) is 0 Å². The lowest BCUT2D eigenvalue weighted by atomic mass is 10.2. The summed E-state index contributed by atoms with van der Waals surface area (Å²) in [5.74, 6) is -0.699. The summed E-state index contributed by atoms with van der Waals surface area (Å²) in [6.45, 7) is 2.59. The first-order valence-electron chi connectivity index (χ1n) is 5.43. The van der Waals surface area contributed by atoms with Crippen LogP contribution >= 0.6 is 0 Å². The van der Waals surface area contributed by atoms with Crippen molar-refractivity contribution in [3.05, 3.63) is 0 Å². The molecule has 0 radical (unpaired) electrons. The van der Waals surface area contributed by atoms with Crippen molar-refractivity contribution in [1.82, 2.24) is 0 Å². The lowest BCUT2D eigenvalue weighted by Crippen LogP contribution is -2.09. The number of rotatable bonds is 8. The molecule has 0 spiro atoms. The van der Waals surface area contributed by atoms with Gasteiger partial charge in [-0.2, -0.15) is 0 Å². The molecule has 0 bridgehead atoms. The minimum Gasteiger partial charge on any atom is -0.469 e. The number of methoxy groups -OCH3 is 1. The van der Waals surface area contributed by atoms with E-state index in [9.17, 15) is 9.59 Å². The minimum atomic E-state index is -0.377. The summed E-state index contributed by atoms with van der Waals surface area (Å²) in [4.78, 5) is 21.8. The van der Waals surface area contributed by atoms with Gasteiger partial charge in [-0.05, 0) is 6.42 Å². The third kappa shape index (κ3) is 9.25. The molecule has 0 saturated heterocycles. The molecule has 0 atom stereocenters. The van der Waals surface area contributed by atoms with Crippen LogP contribution in [0.3, 0.4) is 0 Å². The number of carbonyl (C=O) groups is 2. The molecule has 0 aliphatic heterocycles. The molecule has 0 unspecified atom stereocenters. The number of hydrogen-bond acceptors (Lipinski definition) is 4. The standard InChI is InChI=1S/C11H20O4/c1-3-4-5-6-9-15-11(13)8-7-10(12)14-2/h3-9H2,1-2H3. The quantitative estimate of drug-likeness (QED) is 0.460. The van der Waals surface area contributed by atoms with Crippen LogP contribution in [0.15, 0.2) is 0 Å². The van der Waals surface area contributed by atoms with Crippen LogP contribution in [-0.4, -0.2) is 25.7 Å². The monoisotopic (exact) mass is 216 g/mol. The maximum Gasteiger partial charge on any atom is 0.306 e. The van der Waals surface area contributed by atoms with Gasteiger partial charge in [-0.3, -0.25) is 9.59 Å². The van der Waals surface area contributed by atoms with Gasteiger partial charge in [0.05, 0.1) is 26.6 Å². The fourth-order valence-electron chi connectivity index (χ4n) is 1.09. The highest BCUT2D eigenvalue weighted by molar-refractivity contribution is 5.77. The van der Waals surface area contributed by atoms with E-state index < -0.39 is 0 Å². The van der Waals surface area contributed by atoms with Gasteiger partial charge in [0.1, 0.15) is 0 Å². The molecule has 0 aromatic heterocycles. The normalized spacial score (nSPS) is 9.73. The first kappa shape index (κ1) is 13.9. The van der Waals surface area contributed by atoms with Gasteiger partial charge in [-0.25, -0.2) is 0 Å². The number of carbonyl (C=O) groups excluding carboxylic acids is 2. The maximum absolute atomic E-state index is 11.1. The van der Waals surface area contributed by atoms with E-state index in [1.54, 1.807) is 0 Å². The van der Waals surface area contributed by atoms with E-state index in [1.165, 1.54) is 13.5 Å². The first-order chi connectivity index (χ1) is 7.20. The Morgan fingerprint density at radius 1 is 1.00 bits per heavy atom. The van der Waals surface area contributed by atoms with Gasteiger partial charge >= 0.3 is 11.9 Å². The molecule has 88 valence electrons. The average molecular weight is 216 g/mol. The van der Waals surface area contributed by atoms with Crippen molar-refractivity contribution < 1.29 is 19.1 Å². The second-order valence-corrected chi connectivity index (χ2v) is 3.36. The molecular formula is C11H20O4. The molecule has 0 N–H and O–H groups in total. The zero-order valence-electron chi connectivity index (χ0n) is 9.58. The molecule has 15 heavy (non-hydrogen) atoms. The zero-order valence-corrected chi connectivity index (χ0v) is 9.58. The molecule has 0 saturated carbocycles. The van der Waals surface area contributed by atoms with E-state index in [0.717, 1.165) is 19.3 Å². The van der Waals surface area contributed by atoms with Crippen molar-refractivity contribution in [2.24, 2.45) is 0 Å². The molecule has 0 heterocycles. The Morgan fingerprint density at radius 3 is 2.27 bits per heavy atom. The summed E-state index contributed by atoms with van der Waals surface area (Å²) in [7, 11) is 1.30. The van der Waals surface area contributed by atoms with Crippen LogP contribution in [0.4, 0.5) is 0 Å². The Bertz CT molecular complexity index is 189. The van der Waals surface area contributed by atoms with Gasteiger partial charge < -0.3 is 9.47 Å². The van der Waals surface area contributed by atoms with Gasteiger partial charge in [0.15, 0.2) is 0 Å². The fourth-order valence-corrected chi connectivity index (χ4v) is 1.09. The highest BCUT2D eigenvalue weighted by atomic mass is 16.5. The smallest absolute Gasteiger partial charge is 0.306 e. The Morgan fingerprint density at radius 2 is 1.67 bits per heavy atom. The highest BCUT2D eigenvalue weighted by Gasteiger charge is 2.07. The van der Waals surface area contributed by atoms with E-state index in [4.69, 9.17) is 4.74 Å². The highest BCUT2D eigenvalue weighted by Crippen LogP contribution is 2.01. The molecule has 4 heteroatoms. The number of ether oxygens (including phenoxy) is 2. The lowest BCUT2D eigenvalue weighted by molar-refractivity contribution is -0.149. The zero-order chi connectivity index (χ0) is 11.5. The van der Waals surface area contributed by atoms with Gasteiger partial charge in [-0.1, -0.05) is 26.2 Å². The maximum atomic E-state index is 11.1. The van der Waals surface area contributed by atoms with Gasteiger partial charge in [0, 0.05) is 0 Å². The van der Waals surface area contributed by atoms with Crippen LogP contribution in [0.25, 0.3) is 0 Å². The molecule has 0 aromatic rings. The van der Waals surface area contributed by atoms with Crippen LogP contribution in [0.1, 0.15) is 45.4 Å². The Labute approximate surface area is 90.9 Å². The second kappa shape index (κ2) is 9.49. The lowest BCUT2D eigenvalue weighted by Gasteiger charge is -2.03. The molecule has 0 amide bonds. The number of esters is 2. The Hall–Kier alpha value is -1.06. The molecule has 0 rings (SSSR count). The molecule has 0 aliphatic carbocycles. The number of hydrogen-bond donors (Lipinski definition) is 0. The average Bonchev–Trinajstić information content (AvgIpc) is 2.25. The summed E-state index contributed by atoms with van der Waals surface area (Å²) in [5, 5.41) is 0. The van der Waals surface area contributed by atoms with Crippen LogP contribution in [0.5, 0.6) is 0 Å². The van der Waals surface area contributed by atoms with E-state index in [1.807, 2.05) is 0 Å². The van der Waals surface area contributed by atoms with E-state index in [0.29, 0.717) is 6.61 Å². The SMILES string of the molecule is CCCCCCOC(=O)CCC(=O)OC. The summed E-state index contributed by atoms with van der Waals surface area (Å²) in [6.07, 6.45) is 4.53. The van der Waals surface area contributed by atoms with Crippen LogP contribution in [-0.2, 0) is 19.1 Å². The summed E-state index contributed by atoms with van der Waals surface area (Å²) in [5.41, 5.74) is 0. The van der Waals surface area contributed by atoms with Crippen molar-refractivity contribution in [2.75, 3.05) is 13.7 Å². The largest absolute Gasteiger partial charge is 0.469 e. The van der Waals surface area contributed by atoms with Gasteiger partial charge in [0.2, 0.25) is 0 Å². The van der Waals surface area contributed by atoms with E-state index in [2.05, 4.69) is 11.7 Å². The van der Waals surface area contributed by atoms with Crippen molar-refractivity contribution in [3.63, 3.8) is 0 Å². The van der Waals surface area contributed by atoms with Gasteiger partial charge in [0.25, 0.3) is 0 Å². The molecule has 0 fully saturated rings. The second-order valence-electron chi connectivity index (χ2n) is 3.36. The topological polar surface area (TPSA) is 52.6 Å². The fraction of sp³-hybridized carbons (Fsp3) is 0.818. The summed E-state index contributed by atoms with van der Waals surface area (Å²) < 4.78 is 9.35. The minimum absolute atomic E-state index is 0.101. The third-order valence-electron chi connectivity index (χ3n) is 2.02. The van der Waals surface area contributed by atoms with E-state index in [-0.39, 0.29) is 24.8 Å². The molecule has 0 aromatic carbocycles. The predicted molar refractivity (Wildman–Crippen MR) is 56.4 cm³/mol. The molecule has 0 aliphatic rings. The van der Waals surface area contributed by atoms with Crippen LogP contribution in [0, 0.1) is 0 Å². The van der Waals surface area contributed by atoms with Crippen molar-refractivity contribution >= 4 is 11.9 Å². The Kier molecular flexibility index (Phi) is 8.82. The molecular weight excluding hydrogens is 196 g/mol. The molecule has 4 nitrogen and oxygen atoms in total.